The van der Waals surface area contributed by atoms with Crippen LogP contribution < -0.4 is 10.5 Å². The van der Waals surface area contributed by atoms with Gasteiger partial charge in [0.15, 0.2) is 0 Å². The molecule has 0 saturated carbocycles. The van der Waals surface area contributed by atoms with Crippen LogP contribution in [0, 0.1) is 23.0 Å². The Labute approximate surface area is 124 Å². The number of aryl methyl sites for hydroxylation is 1. The van der Waals surface area contributed by atoms with E-state index in [4.69, 9.17) is 5.73 Å². The van der Waals surface area contributed by atoms with Gasteiger partial charge in [-0.05, 0) is 25.8 Å². The van der Waals surface area contributed by atoms with E-state index in [1.165, 1.54) is 12.1 Å². The first-order valence-electron chi connectivity index (χ1n) is 6.52. The molecule has 1 aromatic rings. The van der Waals surface area contributed by atoms with Crippen LogP contribution in [-0.2, 0) is 10.0 Å². The molecule has 0 aromatic heterocycles. The molecule has 1 atom stereocenters. The summed E-state index contributed by atoms with van der Waals surface area (Å²) in [5, 5.41) is 10.9. The molecule has 0 amide bonds. The molecule has 0 spiro atoms. The van der Waals surface area contributed by atoms with E-state index in [0.29, 0.717) is 5.56 Å². The van der Waals surface area contributed by atoms with Gasteiger partial charge in [0.1, 0.15) is 0 Å². The van der Waals surface area contributed by atoms with Gasteiger partial charge in [-0.3, -0.25) is 10.1 Å². The number of benzene rings is 1. The predicted molar refractivity (Wildman–Crippen MR) is 80.5 cm³/mol. The second-order valence-electron chi connectivity index (χ2n) is 5.59. The fraction of sp³-hybridized carbons (Fsp3) is 0.538. The number of nitro benzene ring substituents is 1. The van der Waals surface area contributed by atoms with E-state index < -0.39 is 20.5 Å². The lowest BCUT2D eigenvalue weighted by Crippen LogP contribution is -2.54. The Bertz CT molecular complexity index is 643. The summed E-state index contributed by atoms with van der Waals surface area (Å²) in [5.74, 6) is -0.0299. The molecule has 0 heterocycles. The molecule has 0 aliphatic rings. The summed E-state index contributed by atoms with van der Waals surface area (Å²) in [5.41, 5.74) is 5.02. The average molecular weight is 315 g/mol. The van der Waals surface area contributed by atoms with E-state index in [1.54, 1.807) is 13.8 Å². The lowest BCUT2D eigenvalue weighted by Gasteiger charge is -2.33. The summed E-state index contributed by atoms with van der Waals surface area (Å²) < 4.78 is 27.4. The van der Waals surface area contributed by atoms with Crippen LogP contribution in [0.25, 0.3) is 0 Å². The number of nitrogens with zero attached hydrogens (tertiary/aromatic N) is 1. The van der Waals surface area contributed by atoms with Crippen molar-refractivity contribution in [2.24, 2.45) is 11.7 Å². The summed E-state index contributed by atoms with van der Waals surface area (Å²) in [6.07, 6.45) is 0. The van der Waals surface area contributed by atoms with Crippen molar-refractivity contribution in [1.29, 1.82) is 0 Å². The highest BCUT2D eigenvalue weighted by molar-refractivity contribution is 7.89. The number of nitro groups is 1. The van der Waals surface area contributed by atoms with Crippen LogP contribution >= 0.6 is 0 Å². The maximum Gasteiger partial charge on any atom is 0.273 e. The first kappa shape index (κ1) is 17.5. The normalized spacial score (nSPS) is 15.0. The van der Waals surface area contributed by atoms with Crippen LogP contribution in [0.5, 0.6) is 0 Å². The Balaban J connectivity index is 3.26. The minimum absolute atomic E-state index is 0.0299. The molecule has 0 bridgehead atoms. The third kappa shape index (κ3) is 3.78. The minimum atomic E-state index is -3.88. The van der Waals surface area contributed by atoms with Crippen molar-refractivity contribution >= 4 is 15.7 Å². The third-order valence-electron chi connectivity index (χ3n) is 3.75. The zero-order chi connectivity index (χ0) is 16.4. The van der Waals surface area contributed by atoms with E-state index in [1.807, 2.05) is 13.8 Å². The van der Waals surface area contributed by atoms with Gasteiger partial charge in [0.05, 0.1) is 9.82 Å². The van der Waals surface area contributed by atoms with Gasteiger partial charge in [-0.25, -0.2) is 13.1 Å². The maximum absolute atomic E-state index is 12.4. The van der Waals surface area contributed by atoms with E-state index in [2.05, 4.69) is 4.72 Å². The molecule has 21 heavy (non-hydrogen) atoms. The highest BCUT2D eigenvalue weighted by Crippen LogP contribution is 2.24. The van der Waals surface area contributed by atoms with Crippen LogP contribution in [0.15, 0.2) is 23.1 Å². The zero-order valence-electron chi connectivity index (χ0n) is 12.6. The van der Waals surface area contributed by atoms with Gasteiger partial charge in [0.25, 0.3) is 5.69 Å². The van der Waals surface area contributed by atoms with E-state index >= 15 is 0 Å². The molecule has 1 aromatic carbocycles. The number of hydrogen-bond acceptors (Lipinski definition) is 5. The van der Waals surface area contributed by atoms with Gasteiger partial charge in [-0.1, -0.05) is 19.9 Å². The average Bonchev–Trinajstić information content (AvgIpc) is 2.37. The second-order valence-corrected chi connectivity index (χ2v) is 7.27. The van der Waals surface area contributed by atoms with Crippen molar-refractivity contribution < 1.29 is 13.3 Å². The van der Waals surface area contributed by atoms with Gasteiger partial charge < -0.3 is 5.73 Å². The van der Waals surface area contributed by atoms with Gasteiger partial charge in [0, 0.05) is 23.7 Å². The fourth-order valence-corrected chi connectivity index (χ4v) is 3.28. The largest absolute Gasteiger partial charge is 0.329 e. The molecule has 0 radical (unpaired) electrons. The molecule has 118 valence electrons. The standard InChI is InChI=1S/C13H21N3O4S/c1-9(2)13(4,8-14)15-21(19,20)11-6-5-10(3)12(7-11)16(17)18/h5-7,9,15H,8,14H2,1-4H3. The van der Waals surface area contributed by atoms with Crippen molar-refractivity contribution in [3.63, 3.8) is 0 Å². The van der Waals surface area contributed by atoms with Crippen molar-refractivity contribution in [3.05, 3.63) is 33.9 Å². The Morgan fingerprint density at radius 2 is 2.00 bits per heavy atom. The molecule has 1 rings (SSSR count). The molecule has 0 fully saturated rings. The fourth-order valence-electron chi connectivity index (χ4n) is 1.71. The summed E-state index contributed by atoms with van der Waals surface area (Å²) in [4.78, 5) is 10.2. The minimum Gasteiger partial charge on any atom is -0.329 e. The van der Waals surface area contributed by atoms with E-state index in [9.17, 15) is 18.5 Å². The van der Waals surface area contributed by atoms with E-state index in [0.717, 1.165) is 6.07 Å². The van der Waals surface area contributed by atoms with Gasteiger partial charge in [-0.15, -0.1) is 0 Å². The molecule has 0 aliphatic heterocycles. The van der Waals surface area contributed by atoms with Gasteiger partial charge in [0.2, 0.25) is 10.0 Å². The maximum atomic E-state index is 12.4. The van der Waals surface area contributed by atoms with Crippen molar-refractivity contribution in [1.82, 2.24) is 4.72 Å². The van der Waals surface area contributed by atoms with E-state index in [-0.39, 0.29) is 23.0 Å². The quantitative estimate of drug-likeness (QED) is 0.610. The Kier molecular flexibility index (Phi) is 5.08. The number of rotatable bonds is 6. The lowest BCUT2D eigenvalue weighted by atomic mass is 9.90. The number of nitrogens with two attached hydrogens (primary N) is 1. The molecular formula is C13H21N3O4S. The summed E-state index contributed by atoms with van der Waals surface area (Å²) in [6, 6.07) is 3.83. The molecule has 3 N–H and O–H groups in total. The van der Waals surface area contributed by atoms with Gasteiger partial charge in [-0.2, -0.15) is 0 Å². The van der Waals surface area contributed by atoms with Crippen molar-refractivity contribution in [2.45, 2.75) is 38.1 Å². The Morgan fingerprint density at radius 3 is 2.43 bits per heavy atom. The molecule has 1 unspecified atom stereocenters. The van der Waals surface area contributed by atoms with Crippen LogP contribution in [0.1, 0.15) is 26.3 Å². The van der Waals surface area contributed by atoms with Crippen LogP contribution in [0.3, 0.4) is 0 Å². The molecule has 0 aliphatic carbocycles. The van der Waals surface area contributed by atoms with Crippen molar-refractivity contribution in [2.75, 3.05) is 6.54 Å². The molecule has 7 nitrogen and oxygen atoms in total. The summed E-state index contributed by atoms with van der Waals surface area (Å²) in [6.45, 7) is 7.09. The highest BCUT2D eigenvalue weighted by atomic mass is 32.2. The topological polar surface area (TPSA) is 115 Å². The van der Waals surface area contributed by atoms with Crippen LogP contribution in [0.2, 0.25) is 0 Å². The first-order valence-corrected chi connectivity index (χ1v) is 8.01. The highest BCUT2D eigenvalue weighted by Gasteiger charge is 2.33. The summed E-state index contributed by atoms with van der Waals surface area (Å²) in [7, 11) is -3.88. The number of hydrogen-bond donors (Lipinski definition) is 2. The van der Waals surface area contributed by atoms with Crippen molar-refractivity contribution in [3.8, 4) is 0 Å². The molecule has 8 heteroatoms. The first-order chi connectivity index (χ1) is 9.53. The Morgan fingerprint density at radius 1 is 1.43 bits per heavy atom. The lowest BCUT2D eigenvalue weighted by molar-refractivity contribution is -0.385. The van der Waals surface area contributed by atoms with Gasteiger partial charge >= 0.3 is 0 Å². The summed E-state index contributed by atoms with van der Waals surface area (Å²) >= 11 is 0. The number of nitrogens with one attached hydrogen (secondary N) is 1. The SMILES string of the molecule is Cc1ccc(S(=O)(=O)NC(C)(CN)C(C)C)cc1[N+](=O)[O-]. The molecular weight excluding hydrogens is 294 g/mol. The monoisotopic (exact) mass is 315 g/mol. The van der Waals surface area contributed by atoms with Crippen LogP contribution in [-0.4, -0.2) is 25.4 Å². The Hall–Kier alpha value is -1.51. The van der Waals surface area contributed by atoms with Crippen LogP contribution in [0.4, 0.5) is 5.69 Å². The number of sulfonamides is 1. The third-order valence-corrected chi connectivity index (χ3v) is 5.36. The predicted octanol–water partition coefficient (Wildman–Crippen LogP) is 1.55. The smallest absolute Gasteiger partial charge is 0.273 e. The zero-order valence-corrected chi connectivity index (χ0v) is 13.4. The second kappa shape index (κ2) is 6.08. The molecule has 0 saturated heterocycles.